The summed E-state index contributed by atoms with van der Waals surface area (Å²) < 4.78 is 0.755. The molecule has 0 spiro atoms. The van der Waals surface area contributed by atoms with Crippen molar-refractivity contribution in [3.05, 3.63) is 28.2 Å². The van der Waals surface area contributed by atoms with E-state index < -0.39 is 0 Å². The Morgan fingerprint density at radius 3 is 2.88 bits per heavy atom. The van der Waals surface area contributed by atoms with E-state index in [9.17, 15) is 4.79 Å². The molecule has 2 N–H and O–H groups in total. The summed E-state index contributed by atoms with van der Waals surface area (Å²) in [6.07, 6.45) is 1.48. The number of aliphatic hydroxyl groups is 1. The van der Waals surface area contributed by atoms with Gasteiger partial charge in [0.1, 0.15) is 0 Å². The van der Waals surface area contributed by atoms with E-state index in [1.807, 2.05) is 6.07 Å². The van der Waals surface area contributed by atoms with Gasteiger partial charge in [0.15, 0.2) is 0 Å². The molecule has 1 aromatic carbocycles. The third kappa shape index (κ3) is 4.15. The van der Waals surface area contributed by atoms with Crippen LogP contribution in [0.3, 0.4) is 0 Å². The second-order valence-electron chi connectivity index (χ2n) is 3.35. The molecule has 0 aliphatic carbocycles. The SMILES string of the molecule is O=C(NCCCCO)c1cc(S)ccc1Br. The van der Waals surface area contributed by atoms with Crippen molar-refractivity contribution >= 4 is 34.5 Å². The Hall–Kier alpha value is -0.520. The molecule has 0 radical (unpaired) electrons. The molecule has 0 fully saturated rings. The Morgan fingerprint density at radius 2 is 2.19 bits per heavy atom. The predicted octanol–water partition coefficient (Wildman–Crippen LogP) is 2.24. The number of rotatable bonds is 5. The van der Waals surface area contributed by atoms with Crippen molar-refractivity contribution in [1.29, 1.82) is 0 Å². The molecule has 3 nitrogen and oxygen atoms in total. The lowest BCUT2D eigenvalue weighted by atomic mass is 10.2. The van der Waals surface area contributed by atoms with Gasteiger partial charge in [0.2, 0.25) is 0 Å². The van der Waals surface area contributed by atoms with Crippen LogP contribution in [0, 0.1) is 0 Å². The van der Waals surface area contributed by atoms with E-state index in [1.165, 1.54) is 0 Å². The zero-order chi connectivity index (χ0) is 12.0. The van der Waals surface area contributed by atoms with Crippen LogP contribution >= 0.6 is 28.6 Å². The second-order valence-corrected chi connectivity index (χ2v) is 4.72. The largest absolute Gasteiger partial charge is 0.396 e. The summed E-state index contributed by atoms with van der Waals surface area (Å²) in [5.74, 6) is -0.124. The molecule has 5 heteroatoms. The molecule has 16 heavy (non-hydrogen) atoms. The van der Waals surface area contributed by atoms with E-state index in [0.29, 0.717) is 18.5 Å². The summed E-state index contributed by atoms with van der Waals surface area (Å²) in [6.45, 7) is 0.730. The third-order valence-corrected chi connectivity index (χ3v) is 3.03. The van der Waals surface area contributed by atoms with Crippen molar-refractivity contribution in [2.75, 3.05) is 13.2 Å². The second kappa shape index (κ2) is 6.93. The first-order valence-corrected chi connectivity index (χ1v) is 6.26. The van der Waals surface area contributed by atoms with Gasteiger partial charge in [-0.15, -0.1) is 12.6 Å². The Labute approximate surface area is 109 Å². The number of nitrogens with one attached hydrogen (secondary N) is 1. The Kier molecular flexibility index (Phi) is 5.87. The third-order valence-electron chi connectivity index (χ3n) is 2.07. The zero-order valence-corrected chi connectivity index (χ0v) is 11.2. The molecule has 0 saturated carbocycles. The van der Waals surface area contributed by atoms with E-state index in [4.69, 9.17) is 5.11 Å². The standard InChI is InChI=1S/C11H14BrNO2S/c12-10-4-3-8(16)7-9(10)11(15)13-5-1-2-6-14/h3-4,7,14,16H,1-2,5-6H2,(H,13,15). The highest BCUT2D eigenvalue weighted by Crippen LogP contribution is 2.20. The van der Waals surface area contributed by atoms with Crippen LogP contribution in [-0.2, 0) is 0 Å². The fourth-order valence-corrected chi connectivity index (χ4v) is 1.85. The fourth-order valence-electron chi connectivity index (χ4n) is 1.22. The minimum Gasteiger partial charge on any atom is -0.396 e. The topological polar surface area (TPSA) is 49.3 Å². The average Bonchev–Trinajstić information content (AvgIpc) is 2.27. The van der Waals surface area contributed by atoms with Crippen LogP contribution in [-0.4, -0.2) is 24.2 Å². The molecule has 0 heterocycles. The van der Waals surface area contributed by atoms with Gasteiger partial charge < -0.3 is 10.4 Å². The molecule has 1 amide bonds. The Bertz CT molecular complexity index is 371. The summed E-state index contributed by atoms with van der Waals surface area (Å²) in [7, 11) is 0. The molecule has 1 rings (SSSR count). The highest BCUT2D eigenvalue weighted by Gasteiger charge is 2.09. The van der Waals surface area contributed by atoms with Crippen LogP contribution in [0.25, 0.3) is 0 Å². The lowest BCUT2D eigenvalue weighted by Crippen LogP contribution is -2.24. The minimum absolute atomic E-state index is 0.124. The van der Waals surface area contributed by atoms with Crippen LogP contribution in [0.5, 0.6) is 0 Å². The lowest BCUT2D eigenvalue weighted by molar-refractivity contribution is 0.0951. The minimum atomic E-state index is -0.124. The van der Waals surface area contributed by atoms with Crippen molar-refractivity contribution in [3.8, 4) is 0 Å². The van der Waals surface area contributed by atoms with Crippen LogP contribution < -0.4 is 5.32 Å². The number of carbonyl (C=O) groups is 1. The number of halogens is 1. The monoisotopic (exact) mass is 303 g/mol. The fraction of sp³-hybridized carbons (Fsp3) is 0.364. The first-order valence-electron chi connectivity index (χ1n) is 5.02. The maximum atomic E-state index is 11.7. The van der Waals surface area contributed by atoms with Gasteiger partial charge >= 0.3 is 0 Å². The molecular weight excluding hydrogens is 290 g/mol. The quantitative estimate of drug-likeness (QED) is 0.577. The first kappa shape index (κ1) is 13.5. The molecule has 0 aliphatic rings. The molecule has 0 bridgehead atoms. The van der Waals surface area contributed by atoms with Gasteiger partial charge in [0.25, 0.3) is 5.91 Å². The number of amides is 1. The number of carbonyl (C=O) groups excluding carboxylic acids is 1. The molecule has 0 unspecified atom stereocenters. The molecular formula is C11H14BrNO2S. The summed E-state index contributed by atoms with van der Waals surface area (Å²) >= 11 is 7.51. The summed E-state index contributed by atoms with van der Waals surface area (Å²) in [6, 6.07) is 5.33. The maximum absolute atomic E-state index is 11.7. The number of unbranched alkanes of at least 4 members (excludes halogenated alkanes) is 1. The maximum Gasteiger partial charge on any atom is 0.252 e. The van der Waals surface area contributed by atoms with Crippen molar-refractivity contribution in [2.24, 2.45) is 0 Å². The van der Waals surface area contributed by atoms with Gasteiger partial charge in [0.05, 0.1) is 5.56 Å². The number of hydrogen-bond donors (Lipinski definition) is 3. The van der Waals surface area contributed by atoms with E-state index in [1.54, 1.807) is 12.1 Å². The van der Waals surface area contributed by atoms with Crippen molar-refractivity contribution < 1.29 is 9.90 Å². The average molecular weight is 304 g/mol. The molecule has 0 aromatic heterocycles. The number of aliphatic hydroxyl groups excluding tert-OH is 1. The Balaban J connectivity index is 2.55. The van der Waals surface area contributed by atoms with Gasteiger partial charge in [-0.2, -0.15) is 0 Å². The highest BCUT2D eigenvalue weighted by molar-refractivity contribution is 9.10. The van der Waals surface area contributed by atoms with Crippen LogP contribution in [0.1, 0.15) is 23.2 Å². The lowest BCUT2D eigenvalue weighted by Gasteiger charge is -2.07. The van der Waals surface area contributed by atoms with Crippen molar-refractivity contribution in [2.45, 2.75) is 17.7 Å². The van der Waals surface area contributed by atoms with Gasteiger partial charge in [0, 0.05) is 22.5 Å². The molecule has 0 aliphatic heterocycles. The van der Waals surface area contributed by atoms with E-state index in [2.05, 4.69) is 33.9 Å². The summed E-state index contributed by atoms with van der Waals surface area (Å²) in [5, 5.41) is 11.4. The normalized spacial score (nSPS) is 10.2. The summed E-state index contributed by atoms with van der Waals surface area (Å²) in [4.78, 5) is 12.5. The molecule has 0 atom stereocenters. The van der Waals surface area contributed by atoms with Gasteiger partial charge in [-0.3, -0.25) is 4.79 Å². The van der Waals surface area contributed by atoms with Gasteiger partial charge in [-0.1, -0.05) is 0 Å². The number of hydrogen-bond acceptors (Lipinski definition) is 3. The van der Waals surface area contributed by atoms with Gasteiger partial charge in [-0.25, -0.2) is 0 Å². The van der Waals surface area contributed by atoms with Crippen LogP contribution in [0.15, 0.2) is 27.6 Å². The van der Waals surface area contributed by atoms with E-state index in [-0.39, 0.29) is 12.5 Å². The zero-order valence-electron chi connectivity index (χ0n) is 8.74. The van der Waals surface area contributed by atoms with Gasteiger partial charge in [-0.05, 0) is 47.0 Å². The Morgan fingerprint density at radius 1 is 1.44 bits per heavy atom. The predicted molar refractivity (Wildman–Crippen MR) is 70.0 cm³/mol. The van der Waals surface area contributed by atoms with Crippen LogP contribution in [0.4, 0.5) is 0 Å². The molecule has 0 saturated heterocycles. The molecule has 1 aromatic rings. The van der Waals surface area contributed by atoms with Crippen molar-refractivity contribution in [1.82, 2.24) is 5.32 Å². The summed E-state index contributed by atoms with van der Waals surface area (Å²) in [5.41, 5.74) is 0.580. The van der Waals surface area contributed by atoms with Crippen molar-refractivity contribution in [3.63, 3.8) is 0 Å². The first-order chi connectivity index (χ1) is 7.65. The van der Waals surface area contributed by atoms with E-state index >= 15 is 0 Å². The van der Waals surface area contributed by atoms with E-state index in [0.717, 1.165) is 15.8 Å². The molecule has 88 valence electrons. The number of benzene rings is 1. The van der Waals surface area contributed by atoms with Crippen LogP contribution in [0.2, 0.25) is 0 Å². The smallest absolute Gasteiger partial charge is 0.252 e. The number of thiol groups is 1. The highest BCUT2D eigenvalue weighted by atomic mass is 79.9.